The van der Waals surface area contributed by atoms with Gasteiger partial charge in [-0.25, -0.2) is 0 Å². The number of rotatable bonds is 4. The highest BCUT2D eigenvalue weighted by atomic mass is 16.2. The van der Waals surface area contributed by atoms with E-state index in [0.717, 1.165) is 25.7 Å². The third-order valence-electron chi connectivity index (χ3n) is 4.44. The molecule has 4 nitrogen and oxygen atoms in total. The lowest BCUT2D eigenvalue weighted by atomic mass is 9.81. The molecule has 3 unspecified atom stereocenters. The Hall–Kier alpha value is -1.06. The summed E-state index contributed by atoms with van der Waals surface area (Å²) in [5.74, 6) is 0.522. The van der Waals surface area contributed by atoms with Crippen LogP contribution in [0.2, 0.25) is 0 Å². The number of carbonyl (C=O) groups excluding carboxylic acids is 2. The van der Waals surface area contributed by atoms with Gasteiger partial charge < -0.3 is 10.2 Å². The SMILES string of the molecule is CCCC(C)N1C(=O)C(C2CC2)NC(=O)C1C(C)(C)C. The minimum atomic E-state index is -0.355. The van der Waals surface area contributed by atoms with Crippen LogP contribution in [-0.2, 0) is 9.59 Å². The second kappa shape index (κ2) is 5.38. The molecule has 20 heavy (non-hydrogen) atoms. The van der Waals surface area contributed by atoms with Gasteiger partial charge in [-0.15, -0.1) is 0 Å². The van der Waals surface area contributed by atoms with Crippen molar-refractivity contribution in [1.29, 1.82) is 0 Å². The molecule has 1 saturated carbocycles. The topological polar surface area (TPSA) is 49.4 Å². The van der Waals surface area contributed by atoms with Crippen molar-refractivity contribution in [3.63, 3.8) is 0 Å². The first-order valence-electron chi connectivity index (χ1n) is 7.90. The largest absolute Gasteiger partial charge is 0.342 e. The van der Waals surface area contributed by atoms with Crippen molar-refractivity contribution >= 4 is 11.8 Å². The van der Waals surface area contributed by atoms with Crippen LogP contribution >= 0.6 is 0 Å². The molecule has 2 rings (SSSR count). The van der Waals surface area contributed by atoms with Gasteiger partial charge >= 0.3 is 0 Å². The standard InChI is InChI=1S/C16H28N2O2/c1-6-7-10(2)18-13(16(3,4)5)14(19)17-12(15(18)20)11-8-9-11/h10-13H,6-9H2,1-5H3,(H,17,19). The highest BCUT2D eigenvalue weighted by Gasteiger charge is 2.51. The molecule has 1 saturated heterocycles. The van der Waals surface area contributed by atoms with Gasteiger partial charge in [0, 0.05) is 6.04 Å². The van der Waals surface area contributed by atoms with Crippen LogP contribution in [0, 0.1) is 11.3 Å². The molecule has 1 N–H and O–H groups in total. The Labute approximate surface area is 122 Å². The van der Waals surface area contributed by atoms with Crippen LogP contribution in [0.5, 0.6) is 0 Å². The Morgan fingerprint density at radius 1 is 1.30 bits per heavy atom. The molecular weight excluding hydrogens is 252 g/mol. The first kappa shape index (κ1) is 15.3. The predicted octanol–water partition coefficient (Wildman–Crippen LogP) is 2.33. The van der Waals surface area contributed by atoms with Gasteiger partial charge in [0.1, 0.15) is 12.1 Å². The number of piperazine rings is 1. The van der Waals surface area contributed by atoms with Crippen molar-refractivity contribution in [2.45, 2.75) is 78.4 Å². The average Bonchev–Trinajstić information content (AvgIpc) is 3.13. The second-order valence-electron chi connectivity index (χ2n) is 7.48. The average molecular weight is 280 g/mol. The van der Waals surface area contributed by atoms with Crippen molar-refractivity contribution in [3.8, 4) is 0 Å². The maximum Gasteiger partial charge on any atom is 0.246 e. The van der Waals surface area contributed by atoms with Gasteiger partial charge in [0.25, 0.3) is 0 Å². The number of hydrogen-bond donors (Lipinski definition) is 1. The lowest BCUT2D eigenvalue weighted by Crippen LogP contribution is -2.69. The molecule has 4 heteroatoms. The molecule has 2 aliphatic rings. The Bertz CT molecular complexity index is 396. The number of carbonyl (C=O) groups is 2. The van der Waals surface area contributed by atoms with E-state index in [1.165, 1.54) is 0 Å². The first-order valence-corrected chi connectivity index (χ1v) is 7.90. The fourth-order valence-corrected chi connectivity index (χ4v) is 3.30. The summed E-state index contributed by atoms with van der Waals surface area (Å²) in [6.07, 6.45) is 4.10. The minimum Gasteiger partial charge on any atom is -0.342 e. The molecule has 1 heterocycles. The quantitative estimate of drug-likeness (QED) is 0.859. The van der Waals surface area contributed by atoms with Gasteiger partial charge in [0.15, 0.2) is 0 Å². The van der Waals surface area contributed by atoms with Gasteiger partial charge in [-0.2, -0.15) is 0 Å². The van der Waals surface area contributed by atoms with Crippen LogP contribution in [-0.4, -0.2) is 34.8 Å². The highest BCUT2D eigenvalue weighted by Crippen LogP contribution is 2.38. The number of hydrogen-bond acceptors (Lipinski definition) is 2. The van der Waals surface area contributed by atoms with Crippen molar-refractivity contribution in [3.05, 3.63) is 0 Å². The molecule has 0 aromatic carbocycles. The second-order valence-corrected chi connectivity index (χ2v) is 7.48. The molecule has 0 radical (unpaired) electrons. The van der Waals surface area contributed by atoms with E-state index < -0.39 is 0 Å². The van der Waals surface area contributed by atoms with Crippen LogP contribution in [0.15, 0.2) is 0 Å². The molecule has 0 spiro atoms. The smallest absolute Gasteiger partial charge is 0.246 e. The summed E-state index contributed by atoms with van der Waals surface area (Å²) in [6, 6.07) is -0.504. The minimum absolute atomic E-state index is 0.0250. The molecule has 1 aliphatic carbocycles. The van der Waals surface area contributed by atoms with E-state index in [-0.39, 0.29) is 35.4 Å². The molecule has 3 atom stereocenters. The molecule has 0 aromatic heterocycles. The van der Waals surface area contributed by atoms with Crippen molar-refractivity contribution in [2.24, 2.45) is 11.3 Å². The summed E-state index contributed by atoms with van der Waals surface area (Å²) in [6.45, 7) is 10.3. The molecule has 2 amide bonds. The molecular formula is C16H28N2O2. The summed E-state index contributed by atoms with van der Waals surface area (Å²) in [5, 5.41) is 2.98. The summed E-state index contributed by atoms with van der Waals surface area (Å²) in [7, 11) is 0. The van der Waals surface area contributed by atoms with Gasteiger partial charge in [0.2, 0.25) is 11.8 Å². The van der Waals surface area contributed by atoms with Gasteiger partial charge in [0.05, 0.1) is 0 Å². The molecule has 0 aromatic rings. The molecule has 0 bridgehead atoms. The Morgan fingerprint density at radius 2 is 1.90 bits per heavy atom. The van der Waals surface area contributed by atoms with E-state index in [1.54, 1.807) is 0 Å². The zero-order chi connectivity index (χ0) is 15.1. The third kappa shape index (κ3) is 2.84. The Balaban J connectivity index is 2.30. The van der Waals surface area contributed by atoms with Crippen LogP contribution in [0.4, 0.5) is 0 Å². The Kier molecular flexibility index (Phi) is 4.12. The van der Waals surface area contributed by atoms with E-state index in [0.29, 0.717) is 5.92 Å². The maximum atomic E-state index is 12.8. The van der Waals surface area contributed by atoms with E-state index >= 15 is 0 Å². The first-order chi connectivity index (χ1) is 9.27. The van der Waals surface area contributed by atoms with Crippen molar-refractivity contribution in [1.82, 2.24) is 10.2 Å². The fraction of sp³-hybridized carbons (Fsp3) is 0.875. The van der Waals surface area contributed by atoms with E-state index in [1.807, 2.05) is 25.7 Å². The number of nitrogens with one attached hydrogen (secondary N) is 1. The monoisotopic (exact) mass is 280 g/mol. The van der Waals surface area contributed by atoms with Crippen LogP contribution in [0.1, 0.15) is 60.3 Å². The highest BCUT2D eigenvalue weighted by molar-refractivity contribution is 5.98. The van der Waals surface area contributed by atoms with E-state index in [9.17, 15) is 9.59 Å². The predicted molar refractivity (Wildman–Crippen MR) is 79.1 cm³/mol. The zero-order valence-electron chi connectivity index (χ0n) is 13.4. The molecule has 114 valence electrons. The lowest BCUT2D eigenvalue weighted by Gasteiger charge is -2.47. The number of nitrogens with zero attached hydrogens (tertiary/aromatic N) is 1. The summed E-state index contributed by atoms with van der Waals surface area (Å²) in [5.41, 5.74) is -0.240. The zero-order valence-corrected chi connectivity index (χ0v) is 13.4. The van der Waals surface area contributed by atoms with Crippen LogP contribution in [0.3, 0.4) is 0 Å². The number of amides is 2. The lowest BCUT2D eigenvalue weighted by molar-refractivity contribution is -0.157. The maximum absolute atomic E-state index is 12.8. The van der Waals surface area contributed by atoms with E-state index in [2.05, 4.69) is 19.2 Å². The fourth-order valence-electron chi connectivity index (χ4n) is 3.30. The van der Waals surface area contributed by atoms with Crippen molar-refractivity contribution in [2.75, 3.05) is 0 Å². The summed E-state index contributed by atoms with van der Waals surface area (Å²) < 4.78 is 0. The van der Waals surface area contributed by atoms with Crippen LogP contribution < -0.4 is 5.32 Å². The van der Waals surface area contributed by atoms with Gasteiger partial charge in [-0.3, -0.25) is 9.59 Å². The third-order valence-corrected chi connectivity index (χ3v) is 4.44. The Morgan fingerprint density at radius 3 is 2.35 bits per heavy atom. The molecule has 1 aliphatic heterocycles. The summed E-state index contributed by atoms with van der Waals surface area (Å²) >= 11 is 0. The van der Waals surface area contributed by atoms with E-state index in [4.69, 9.17) is 0 Å². The van der Waals surface area contributed by atoms with Gasteiger partial charge in [-0.05, 0) is 37.5 Å². The van der Waals surface area contributed by atoms with Crippen LogP contribution in [0.25, 0.3) is 0 Å². The molecule has 2 fully saturated rings. The van der Waals surface area contributed by atoms with Gasteiger partial charge in [-0.1, -0.05) is 34.1 Å². The normalized spacial score (nSPS) is 29.4. The van der Waals surface area contributed by atoms with Crippen molar-refractivity contribution < 1.29 is 9.59 Å². The summed E-state index contributed by atoms with van der Waals surface area (Å²) in [4.78, 5) is 27.3.